The molecule has 0 spiro atoms. The van der Waals surface area contributed by atoms with Gasteiger partial charge in [0.15, 0.2) is 0 Å². The molecule has 0 radical (unpaired) electrons. The van der Waals surface area contributed by atoms with Crippen LogP contribution in [0, 0.1) is 12.8 Å². The molecular formula is C18H23NO. The van der Waals surface area contributed by atoms with Gasteiger partial charge in [-0.15, -0.1) is 0 Å². The SMILES string of the molecule is Cc1ccc2c(c1)[C@@]13CCCC[C@H]1[C@@H](C2)N(C=O)CC3. The van der Waals surface area contributed by atoms with Gasteiger partial charge >= 0.3 is 0 Å². The molecule has 20 heavy (non-hydrogen) atoms. The Morgan fingerprint density at radius 1 is 1.30 bits per heavy atom. The Bertz CT molecular complexity index is 552. The summed E-state index contributed by atoms with van der Waals surface area (Å²) in [7, 11) is 0. The topological polar surface area (TPSA) is 20.3 Å². The Morgan fingerprint density at radius 3 is 3.05 bits per heavy atom. The molecule has 0 unspecified atom stereocenters. The fraction of sp³-hybridized carbons (Fsp3) is 0.611. The van der Waals surface area contributed by atoms with Crippen LogP contribution < -0.4 is 0 Å². The van der Waals surface area contributed by atoms with Gasteiger partial charge in [0, 0.05) is 18.0 Å². The number of amides is 1. The van der Waals surface area contributed by atoms with E-state index in [0.717, 1.165) is 19.4 Å². The minimum absolute atomic E-state index is 0.377. The number of hydrogen-bond acceptors (Lipinski definition) is 1. The lowest BCUT2D eigenvalue weighted by atomic mass is 9.52. The molecule has 0 aromatic heterocycles. The quantitative estimate of drug-likeness (QED) is 0.717. The highest BCUT2D eigenvalue weighted by Gasteiger charge is 2.53. The van der Waals surface area contributed by atoms with Crippen LogP contribution >= 0.6 is 0 Å². The van der Waals surface area contributed by atoms with Crippen molar-refractivity contribution in [2.45, 2.75) is 56.9 Å². The first kappa shape index (κ1) is 12.4. The molecule has 2 bridgehead atoms. The second-order valence-corrected chi connectivity index (χ2v) is 7.03. The van der Waals surface area contributed by atoms with Crippen LogP contribution in [0.1, 0.15) is 48.8 Å². The highest BCUT2D eigenvalue weighted by Crippen LogP contribution is 2.55. The van der Waals surface area contributed by atoms with Crippen LogP contribution in [0.3, 0.4) is 0 Å². The van der Waals surface area contributed by atoms with Crippen LogP contribution in [0.25, 0.3) is 0 Å². The summed E-state index contributed by atoms with van der Waals surface area (Å²) in [6.07, 6.45) is 8.68. The number of carbonyl (C=O) groups is 1. The maximum absolute atomic E-state index is 11.4. The van der Waals surface area contributed by atoms with Gasteiger partial charge in [-0.3, -0.25) is 4.79 Å². The van der Waals surface area contributed by atoms with Gasteiger partial charge in [0.2, 0.25) is 6.41 Å². The summed E-state index contributed by atoms with van der Waals surface area (Å²) in [5.74, 6) is 0.699. The van der Waals surface area contributed by atoms with E-state index in [4.69, 9.17) is 0 Å². The predicted molar refractivity (Wildman–Crippen MR) is 79.7 cm³/mol. The summed E-state index contributed by atoms with van der Waals surface area (Å²) in [6.45, 7) is 3.17. The second-order valence-electron chi connectivity index (χ2n) is 7.03. The van der Waals surface area contributed by atoms with E-state index >= 15 is 0 Å². The van der Waals surface area contributed by atoms with Crippen LogP contribution in [0.15, 0.2) is 18.2 Å². The summed E-state index contributed by atoms with van der Waals surface area (Å²) in [5, 5.41) is 0. The van der Waals surface area contributed by atoms with Gasteiger partial charge < -0.3 is 4.90 Å². The Morgan fingerprint density at radius 2 is 2.20 bits per heavy atom. The Balaban J connectivity index is 1.89. The summed E-state index contributed by atoms with van der Waals surface area (Å²) in [5.41, 5.74) is 4.90. The minimum atomic E-state index is 0.377. The van der Waals surface area contributed by atoms with Crippen molar-refractivity contribution in [2.24, 2.45) is 5.92 Å². The normalized spacial score (nSPS) is 35.1. The van der Waals surface area contributed by atoms with Crippen molar-refractivity contribution >= 4 is 6.41 Å². The molecule has 3 atom stereocenters. The van der Waals surface area contributed by atoms with Crippen molar-refractivity contribution in [2.75, 3.05) is 6.54 Å². The number of hydrogen-bond donors (Lipinski definition) is 0. The van der Waals surface area contributed by atoms with Crippen LogP contribution in [-0.4, -0.2) is 23.9 Å². The smallest absolute Gasteiger partial charge is 0.209 e. The van der Waals surface area contributed by atoms with Crippen molar-refractivity contribution in [1.82, 2.24) is 4.90 Å². The zero-order valence-electron chi connectivity index (χ0n) is 12.3. The van der Waals surface area contributed by atoms with Crippen molar-refractivity contribution < 1.29 is 4.79 Å². The third-order valence-corrected chi connectivity index (χ3v) is 6.17. The summed E-state index contributed by atoms with van der Waals surface area (Å²) in [4.78, 5) is 13.5. The fourth-order valence-corrected chi connectivity index (χ4v) is 5.28. The molecular weight excluding hydrogens is 246 g/mol. The number of aryl methyl sites for hydroxylation is 1. The van der Waals surface area contributed by atoms with E-state index < -0.39 is 0 Å². The van der Waals surface area contributed by atoms with E-state index in [9.17, 15) is 4.79 Å². The first-order valence-corrected chi connectivity index (χ1v) is 8.06. The maximum Gasteiger partial charge on any atom is 0.209 e. The standard InChI is InChI=1S/C18H23NO/c1-13-5-6-14-11-17-15-4-2-3-7-18(15,16(14)10-13)8-9-19(17)12-20/h5-6,10,12,15,17H,2-4,7-9,11H2,1H3/t15-,17+,18+/m0/s1. The number of nitrogens with zero attached hydrogens (tertiary/aromatic N) is 1. The van der Waals surface area contributed by atoms with Gasteiger partial charge in [0.25, 0.3) is 0 Å². The third-order valence-electron chi connectivity index (χ3n) is 6.17. The molecule has 2 aliphatic carbocycles. The molecule has 1 aromatic rings. The molecule has 0 N–H and O–H groups in total. The molecule has 106 valence electrons. The average Bonchev–Trinajstić information content (AvgIpc) is 2.48. The lowest BCUT2D eigenvalue weighted by Gasteiger charge is -2.58. The van der Waals surface area contributed by atoms with Gasteiger partial charge in [-0.2, -0.15) is 0 Å². The molecule has 2 heteroatoms. The number of likely N-dealkylation sites (tertiary alicyclic amines) is 1. The van der Waals surface area contributed by atoms with Crippen LogP contribution in [-0.2, 0) is 16.6 Å². The van der Waals surface area contributed by atoms with Gasteiger partial charge in [0.1, 0.15) is 0 Å². The van der Waals surface area contributed by atoms with Gasteiger partial charge in [-0.1, -0.05) is 36.6 Å². The van der Waals surface area contributed by atoms with Crippen molar-refractivity contribution in [1.29, 1.82) is 0 Å². The highest BCUT2D eigenvalue weighted by molar-refractivity contribution is 5.52. The first-order chi connectivity index (χ1) is 9.74. The summed E-state index contributed by atoms with van der Waals surface area (Å²) in [6, 6.07) is 7.45. The third kappa shape index (κ3) is 1.54. The zero-order chi connectivity index (χ0) is 13.7. The largest absolute Gasteiger partial charge is 0.342 e. The number of carbonyl (C=O) groups excluding carboxylic acids is 1. The lowest BCUT2D eigenvalue weighted by molar-refractivity contribution is -0.126. The van der Waals surface area contributed by atoms with Gasteiger partial charge in [-0.25, -0.2) is 0 Å². The van der Waals surface area contributed by atoms with Crippen LogP contribution in [0.4, 0.5) is 0 Å². The molecule has 1 saturated heterocycles. The zero-order valence-corrected chi connectivity index (χ0v) is 12.3. The maximum atomic E-state index is 11.4. The molecule has 4 rings (SSSR count). The minimum Gasteiger partial charge on any atom is -0.342 e. The molecule has 3 aliphatic rings. The number of benzene rings is 1. The van der Waals surface area contributed by atoms with Crippen LogP contribution in [0.2, 0.25) is 0 Å². The first-order valence-electron chi connectivity index (χ1n) is 8.06. The number of piperidine rings is 1. The monoisotopic (exact) mass is 269 g/mol. The van der Waals surface area contributed by atoms with E-state index in [0.29, 0.717) is 17.4 Å². The highest BCUT2D eigenvalue weighted by atomic mass is 16.1. The number of fused-ring (bicyclic) bond motifs is 1. The number of rotatable bonds is 1. The molecule has 2 nitrogen and oxygen atoms in total. The molecule has 1 saturated carbocycles. The van der Waals surface area contributed by atoms with Crippen molar-refractivity contribution in [3.05, 3.63) is 34.9 Å². The second kappa shape index (κ2) is 4.34. The van der Waals surface area contributed by atoms with Crippen molar-refractivity contribution in [3.8, 4) is 0 Å². The Labute approximate surface area is 121 Å². The van der Waals surface area contributed by atoms with E-state index in [1.807, 2.05) is 0 Å². The fourth-order valence-electron chi connectivity index (χ4n) is 5.28. The van der Waals surface area contributed by atoms with Gasteiger partial charge in [-0.05, 0) is 49.7 Å². The van der Waals surface area contributed by atoms with E-state index in [1.54, 1.807) is 5.56 Å². The lowest BCUT2D eigenvalue weighted by Crippen LogP contribution is -2.60. The molecule has 1 aromatic carbocycles. The Hall–Kier alpha value is -1.31. The van der Waals surface area contributed by atoms with E-state index in [-0.39, 0.29) is 0 Å². The average molecular weight is 269 g/mol. The summed E-state index contributed by atoms with van der Waals surface area (Å²) < 4.78 is 0. The molecule has 2 fully saturated rings. The Kier molecular flexibility index (Phi) is 2.70. The van der Waals surface area contributed by atoms with Crippen LogP contribution in [0.5, 0.6) is 0 Å². The van der Waals surface area contributed by atoms with E-state index in [1.165, 1.54) is 43.2 Å². The summed E-state index contributed by atoms with van der Waals surface area (Å²) >= 11 is 0. The molecule has 1 aliphatic heterocycles. The molecule has 1 amide bonds. The molecule has 1 heterocycles. The van der Waals surface area contributed by atoms with E-state index in [2.05, 4.69) is 30.0 Å². The predicted octanol–water partition coefficient (Wildman–Crippen LogP) is 3.21. The van der Waals surface area contributed by atoms with Gasteiger partial charge in [0.05, 0.1) is 0 Å². The van der Waals surface area contributed by atoms with Crippen molar-refractivity contribution in [3.63, 3.8) is 0 Å².